The van der Waals surface area contributed by atoms with Crippen molar-refractivity contribution in [1.29, 1.82) is 0 Å². The molecule has 0 atom stereocenters. The molecule has 0 unspecified atom stereocenters. The van der Waals surface area contributed by atoms with Crippen molar-refractivity contribution in [2.24, 2.45) is 0 Å². The van der Waals surface area contributed by atoms with E-state index in [4.69, 9.17) is 4.74 Å². The molecule has 1 fully saturated rings. The van der Waals surface area contributed by atoms with Gasteiger partial charge in [0, 0.05) is 30.5 Å². The van der Waals surface area contributed by atoms with Gasteiger partial charge in [0.25, 0.3) is 0 Å². The van der Waals surface area contributed by atoms with Crippen LogP contribution in [-0.4, -0.2) is 23.0 Å². The maximum Gasteiger partial charge on any atom is 0.0566 e. The topological polar surface area (TPSA) is 27.1 Å². The van der Waals surface area contributed by atoms with Crippen LogP contribution >= 0.6 is 0 Å². The summed E-state index contributed by atoms with van der Waals surface area (Å²) in [6.45, 7) is 8.45. The van der Waals surface area contributed by atoms with Crippen molar-refractivity contribution in [3.8, 4) is 0 Å². The third kappa shape index (κ3) is 2.23. The summed E-state index contributed by atoms with van der Waals surface area (Å²) in [5, 5.41) is 4.47. The van der Waals surface area contributed by atoms with E-state index in [1.807, 2.05) is 6.20 Å². The third-order valence-corrected chi connectivity index (χ3v) is 2.98. The van der Waals surface area contributed by atoms with E-state index < -0.39 is 0 Å². The molecule has 2 rings (SSSR count). The van der Waals surface area contributed by atoms with Crippen molar-refractivity contribution in [2.75, 3.05) is 13.2 Å². The average molecular weight is 208 g/mol. The van der Waals surface area contributed by atoms with Gasteiger partial charge in [-0.25, -0.2) is 0 Å². The highest BCUT2D eigenvalue weighted by Crippen LogP contribution is 2.28. The third-order valence-electron chi connectivity index (χ3n) is 2.98. The standard InChI is InChI=1S/C12H20N2O/c1-12(2,3)11-4-7-13-14(11)10-5-8-15-9-6-10/h4,7,10H,5-6,8-9H2,1-3H3. The SMILES string of the molecule is CC(C)(C)c1ccnn1C1CCOCC1. The van der Waals surface area contributed by atoms with Gasteiger partial charge >= 0.3 is 0 Å². The highest BCUT2D eigenvalue weighted by atomic mass is 16.5. The molecule has 0 aromatic carbocycles. The Kier molecular flexibility index (Phi) is 2.83. The Balaban J connectivity index is 2.24. The molecule has 0 bridgehead atoms. The molecule has 1 aliphatic rings. The molecule has 0 spiro atoms. The van der Waals surface area contributed by atoms with Crippen LogP contribution in [0, 0.1) is 0 Å². The predicted octanol–water partition coefficient (Wildman–Crippen LogP) is 2.53. The van der Waals surface area contributed by atoms with E-state index in [1.165, 1.54) is 5.69 Å². The molecule has 0 N–H and O–H groups in total. The van der Waals surface area contributed by atoms with Gasteiger partial charge in [-0.05, 0) is 18.9 Å². The number of hydrogen-bond acceptors (Lipinski definition) is 2. The van der Waals surface area contributed by atoms with Crippen LogP contribution in [0.2, 0.25) is 0 Å². The Labute approximate surface area is 91.4 Å². The van der Waals surface area contributed by atoms with Gasteiger partial charge in [-0.2, -0.15) is 5.10 Å². The van der Waals surface area contributed by atoms with Gasteiger partial charge in [0.2, 0.25) is 0 Å². The zero-order valence-corrected chi connectivity index (χ0v) is 9.86. The smallest absolute Gasteiger partial charge is 0.0566 e. The van der Waals surface area contributed by atoms with Crippen molar-refractivity contribution >= 4 is 0 Å². The van der Waals surface area contributed by atoms with Gasteiger partial charge in [-0.3, -0.25) is 4.68 Å². The predicted molar refractivity (Wildman–Crippen MR) is 60.0 cm³/mol. The van der Waals surface area contributed by atoms with Gasteiger partial charge in [0.05, 0.1) is 6.04 Å². The van der Waals surface area contributed by atoms with Crippen molar-refractivity contribution in [1.82, 2.24) is 9.78 Å². The van der Waals surface area contributed by atoms with Gasteiger partial charge in [-0.1, -0.05) is 20.8 Å². The first-order valence-corrected chi connectivity index (χ1v) is 5.71. The zero-order chi connectivity index (χ0) is 10.9. The van der Waals surface area contributed by atoms with E-state index in [0.717, 1.165) is 26.1 Å². The number of aromatic nitrogens is 2. The second-order valence-corrected chi connectivity index (χ2v) is 5.25. The Morgan fingerprint density at radius 1 is 1.33 bits per heavy atom. The molecule has 0 saturated carbocycles. The summed E-state index contributed by atoms with van der Waals surface area (Å²) >= 11 is 0. The zero-order valence-electron chi connectivity index (χ0n) is 9.86. The van der Waals surface area contributed by atoms with Crippen LogP contribution in [0.4, 0.5) is 0 Å². The van der Waals surface area contributed by atoms with Crippen molar-refractivity contribution in [2.45, 2.75) is 45.1 Å². The second-order valence-electron chi connectivity index (χ2n) is 5.25. The monoisotopic (exact) mass is 208 g/mol. The number of nitrogens with zero attached hydrogens (tertiary/aromatic N) is 2. The Hall–Kier alpha value is -0.830. The molecule has 2 heterocycles. The minimum atomic E-state index is 0.175. The van der Waals surface area contributed by atoms with Gasteiger partial charge < -0.3 is 4.74 Å². The maximum atomic E-state index is 5.38. The summed E-state index contributed by atoms with van der Waals surface area (Å²) in [5.74, 6) is 0. The van der Waals surface area contributed by atoms with Crippen LogP contribution in [0.15, 0.2) is 12.3 Å². The highest BCUT2D eigenvalue weighted by Gasteiger charge is 2.24. The highest BCUT2D eigenvalue weighted by molar-refractivity contribution is 5.12. The largest absolute Gasteiger partial charge is 0.381 e. The van der Waals surface area contributed by atoms with Crippen LogP contribution in [-0.2, 0) is 10.2 Å². The van der Waals surface area contributed by atoms with Crippen molar-refractivity contribution in [3.63, 3.8) is 0 Å². The minimum absolute atomic E-state index is 0.175. The van der Waals surface area contributed by atoms with Crippen LogP contribution < -0.4 is 0 Å². The van der Waals surface area contributed by atoms with Crippen LogP contribution in [0.1, 0.15) is 45.3 Å². The number of ether oxygens (including phenoxy) is 1. The van der Waals surface area contributed by atoms with Crippen LogP contribution in [0.25, 0.3) is 0 Å². The molecule has 1 aliphatic heterocycles. The maximum absolute atomic E-state index is 5.38. The van der Waals surface area contributed by atoms with E-state index in [0.29, 0.717) is 6.04 Å². The lowest BCUT2D eigenvalue weighted by atomic mass is 9.91. The summed E-state index contributed by atoms with van der Waals surface area (Å²) in [6.07, 6.45) is 4.09. The lowest BCUT2D eigenvalue weighted by Gasteiger charge is -2.28. The second kappa shape index (κ2) is 3.97. The number of hydrogen-bond donors (Lipinski definition) is 0. The van der Waals surface area contributed by atoms with Gasteiger partial charge in [0.1, 0.15) is 0 Å². The fraction of sp³-hybridized carbons (Fsp3) is 0.750. The summed E-state index contributed by atoms with van der Waals surface area (Å²) in [7, 11) is 0. The van der Waals surface area contributed by atoms with E-state index in [-0.39, 0.29) is 5.41 Å². The van der Waals surface area contributed by atoms with Gasteiger partial charge in [-0.15, -0.1) is 0 Å². The molecule has 0 amide bonds. The van der Waals surface area contributed by atoms with E-state index >= 15 is 0 Å². The summed E-state index contributed by atoms with van der Waals surface area (Å²) in [6, 6.07) is 2.66. The molecule has 1 aromatic heterocycles. The first-order valence-electron chi connectivity index (χ1n) is 5.71. The summed E-state index contributed by atoms with van der Waals surface area (Å²) < 4.78 is 7.58. The fourth-order valence-electron chi connectivity index (χ4n) is 2.13. The van der Waals surface area contributed by atoms with E-state index in [2.05, 4.69) is 36.6 Å². The fourth-order valence-corrected chi connectivity index (χ4v) is 2.13. The molecule has 84 valence electrons. The van der Waals surface area contributed by atoms with Crippen LogP contribution in [0.5, 0.6) is 0 Å². The number of rotatable bonds is 1. The molecular weight excluding hydrogens is 188 g/mol. The van der Waals surface area contributed by atoms with Crippen molar-refractivity contribution in [3.05, 3.63) is 18.0 Å². The lowest BCUT2D eigenvalue weighted by Crippen LogP contribution is -2.26. The van der Waals surface area contributed by atoms with E-state index in [1.54, 1.807) is 0 Å². The summed E-state index contributed by atoms with van der Waals surface area (Å²) in [5.41, 5.74) is 1.50. The Morgan fingerprint density at radius 2 is 2.00 bits per heavy atom. The Morgan fingerprint density at radius 3 is 2.60 bits per heavy atom. The molecule has 3 heteroatoms. The average Bonchev–Trinajstić information content (AvgIpc) is 2.67. The molecule has 15 heavy (non-hydrogen) atoms. The van der Waals surface area contributed by atoms with Crippen LogP contribution in [0.3, 0.4) is 0 Å². The molecule has 1 saturated heterocycles. The van der Waals surface area contributed by atoms with Crippen molar-refractivity contribution < 1.29 is 4.74 Å². The van der Waals surface area contributed by atoms with E-state index in [9.17, 15) is 0 Å². The minimum Gasteiger partial charge on any atom is -0.381 e. The molecule has 0 aliphatic carbocycles. The first kappa shape index (κ1) is 10.7. The molecular formula is C12H20N2O. The summed E-state index contributed by atoms with van der Waals surface area (Å²) in [4.78, 5) is 0. The quantitative estimate of drug-likeness (QED) is 0.709. The normalized spacial score (nSPS) is 19.4. The Bertz CT molecular complexity index is 319. The molecule has 0 radical (unpaired) electrons. The molecule has 1 aromatic rings. The van der Waals surface area contributed by atoms with Gasteiger partial charge in [0.15, 0.2) is 0 Å². The molecule has 3 nitrogen and oxygen atoms in total. The lowest BCUT2D eigenvalue weighted by molar-refractivity contribution is 0.0646. The first-order chi connectivity index (χ1) is 7.09.